The van der Waals surface area contributed by atoms with Crippen molar-refractivity contribution in [2.75, 3.05) is 6.54 Å². The lowest BCUT2D eigenvalue weighted by atomic mass is 9.97. The molecule has 1 aliphatic rings. The number of carboxylic acid groups (broad SMARTS) is 2. The summed E-state index contributed by atoms with van der Waals surface area (Å²) in [6.45, 7) is 0.191. The van der Waals surface area contributed by atoms with Crippen LogP contribution in [0, 0.1) is 5.92 Å². The Morgan fingerprint density at radius 3 is 2.57 bits per heavy atom. The van der Waals surface area contributed by atoms with E-state index in [0.29, 0.717) is 0 Å². The number of carbonyl (C=O) groups is 2. The van der Waals surface area contributed by atoms with Gasteiger partial charge in [-0.3, -0.25) is 9.59 Å². The Morgan fingerprint density at radius 1 is 1.50 bits per heavy atom. The van der Waals surface area contributed by atoms with E-state index in [-0.39, 0.29) is 25.1 Å². The zero-order valence-electron chi connectivity index (χ0n) is 7.14. The molecule has 0 aromatic heterocycles. The molecule has 1 rings (SSSR count). The summed E-state index contributed by atoms with van der Waals surface area (Å²) in [5.74, 6) is -2.93. The van der Waals surface area contributed by atoms with Crippen molar-refractivity contribution in [1.82, 2.24) is 5.32 Å². The highest BCUT2D eigenvalue weighted by Crippen LogP contribution is 2.30. The predicted molar refractivity (Wildman–Crippen MR) is 47.7 cm³/mol. The van der Waals surface area contributed by atoms with Gasteiger partial charge in [0.1, 0.15) is 6.04 Å². The highest BCUT2D eigenvalue weighted by atomic mass is 32.2. The second-order valence-electron chi connectivity index (χ2n) is 3.11. The summed E-state index contributed by atoms with van der Waals surface area (Å²) >= 11 is 0.0145. The van der Waals surface area contributed by atoms with Gasteiger partial charge in [0, 0.05) is 24.6 Å². The van der Waals surface area contributed by atoms with Crippen molar-refractivity contribution in [1.29, 1.82) is 0 Å². The van der Waals surface area contributed by atoms with Crippen molar-refractivity contribution in [3.8, 4) is 0 Å². The Labute approximate surface area is 84.0 Å². The third-order valence-electron chi connectivity index (χ3n) is 2.24. The quantitative estimate of drug-likeness (QED) is 0.627. The third-order valence-corrected chi connectivity index (χ3v) is 2.98. The minimum absolute atomic E-state index is 0.0145. The highest BCUT2D eigenvalue weighted by molar-refractivity contribution is 7.95. The van der Waals surface area contributed by atoms with Gasteiger partial charge in [0.05, 0.1) is 11.7 Å². The van der Waals surface area contributed by atoms with Crippen LogP contribution in [0.25, 0.3) is 0 Å². The van der Waals surface area contributed by atoms with Crippen LogP contribution in [-0.4, -0.2) is 40.0 Å². The van der Waals surface area contributed by atoms with Crippen LogP contribution < -0.4 is 5.32 Å². The summed E-state index contributed by atoms with van der Waals surface area (Å²) < 4.78 is 12.3. The SMILES string of the molecule is O=C(O)C[C@H]1[C@@H](SF)CN[C@@H]1C(=O)O. The Balaban J connectivity index is 2.69. The molecule has 0 aliphatic carbocycles. The lowest BCUT2D eigenvalue weighted by Gasteiger charge is -2.16. The van der Waals surface area contributed by atoms with Crippen molar-refractivity contribution in [2.24, 2.45) is 5.92 Å². The Hall–Kier alpha value is -0.820. The zero-order chi connectivity index (χ0) is 10.7. The van der Waals surface area contributed by atoms with Crippen molar-refractivity contribution in [2.45, 2.75) is 17.7 Å². The molecule has 80 valence electrons. The Bertz CT molecular complexity index is 250. The fraction of sp³-hybridized carbons (Fsp3) is 0.714. The van der Waals surface area contributed by atoms with Gasteiger partial charge in [0.25, 0.3) is 0 Å². The van der Waals surface area contributed by atoms with Gasteiger partial charge in [0.2, 0.25) is 0 Å². The van der Waals surface area contributed by atoms with E-state index < -0.39 is 29.1 Å². The second-order valence-corrected chi connectivity index (χ2v) is 3.90. The molecule has 14 heavy (non-hydrogen) atoms. The molecule has 0 bridgehead atoms. The number of hydrogen-bond acceptors (Lipinski definition) is 4. The lowest BCUT2D eigenvalue weighted by Crippen LogP contribution is -2.37. The number of nitrogens with one attached hydrogen (secondary N) is 1. The monoisotopic (exact) mass is 223 g/mol. The maximum atomic E-state index is 12.3. The number of rotatable bonds is 4. The largest absolute Gasteiger partial charge is 0.481 e. The number of aliphatic carboxylic acids is 2. The minimum Gasteiger partial charge on any atom is -0.481 e. The van der Waals surface area contributed by atoms with Crippen LogP contribution in [0.15, 0.2) is 0 Å². The summed E-state index contributed by atoms with van der Waals surface area (Å²) in [5.41, 5.74) is 0. The van der Waals surface area contributed by atoms with Crippen molar-refractivity contribution in [3.63, 3.8) is 0 Å². The van der Waals surface area contributed by atoms with Gasteiger partial charge in [-0.2, -0.15) is 3.89 Å². The first kappa shape index (κ1) is 11.3. The van der Waals surface area contributed by atoms with Crippen molar-refractivity contribution in [3.05, 3.63) is 0 Å². The fourth-order valence-electron chi connectivity index (χ4n) is 1.58. The molecule has 0 unspecified atom stereocenters. The maximum Gasteiger partial charge on any atom is 0.321 e. The Kier molecular flexibility index (Phi) is 3.70. The predicted octanol–water partition coefficient (Wildman–Crippen LogP) is 0.120. The van der Waals surface area contributed by atoms with E-state index in [4.69, 9.17) is 10.2 Å². The molecule has 3 N–H and O–H groups in total. The van der Waals surface area contributed by atoms with Crippen LogP contribution in [0.1, 0.15) is 6.42 Å². The second kappa shape index (κ2) is 4.61. The van der Waals surface area contributed by atoms with Gasteiger partial charge in [-0.1, -0.05) is 0 Å². The molecule has 0 aromatic carbocycles. The third kappa shape index (κ3) is 2.36. The van der Waals surface area contributed by atoms with E-state index in [1.807, 2.05) is 0 Å². The van der Waals surface area contributed by atoms with Crippen LogP contribution in [0.3, 0.4) is 0 Å². The first-order valence-electron chi connectivity index (χ1n) is 4.01. The van der Waals surface area contributed by atoms with E-state index >= 15 is 0 Å². The van der Waals surface area contributed by atoms with Crippen LogP contribution in [0.5, 0.6) is 0 Å². The first-order valence-corrected chi connectivity index (χ1v) is 4.79. The maximum absolute atomic E-state index is 12.3. The molecule has 3 atom stereocenters. The molecule has 0 radical (unpaired) electrons. The van der Waals surface area contributed by atoms with E-state index in [2.05, 4.69) is 5.32 Å². The lowest BCUT2D eigenvalue weighted by molar-refractivity contribution is -0.141. The molecule has 7 heteroatoms. The molecule has 0 aromatic rings. The van der Waals surface area contributed by atoms with Gasteiger partial charge in [-0.15, -0.1) is 0 Å². The molecule has 0 spiro atoms. The van der Waals surface area contributed by atoms with E-state index in [1.165, 1.54) is 0 Å². The first-order chi connectivity index (χ1) is 6.56. The summed E-state index contributed by atoms with van der Waals surface area (Å²) in [5, 5.41) is 19.3. The summed E-state index contributed by atoms with van der Waals surface area (Å²) in [7, 11) is 0. The van der Waals surface area contributed by atoms with E-state index in [1.54, 1.807) is 0 Å². The van der Waals surface area contributed by atoms with Crippen LogP contribution in [0.2, 0.25) is 0 Å². The number of halogens is 1. The molecule has 0 amide bonds. The molecular formula is C7H10FNO4S. The van der Waals surface area contributed by atoms with Gasteiger partial charge in [-0.05, 0) is 0 Å². The summed E-state index contributed by atoms with van der Waals surface area (Å²) in [6.07, 6.45) is -0.328. The summed E-state index contributed by atoms with van der Waals surface area (Å²) in [6, 6.07) is -0.959. The standard InChI is InChI=1S/C7H10FNO4S/c8-14-4-2-9-6(7(12)13)3(4)1-5(10)11/h3-4,6,9H,1-2H2,(H,10,11)(H,12,13)/t3-,4-,6-/m0/s1. The Morgan fingerprint density at radius 2 is 2.14 bits per heavy atom. The zero-order valence-corrected chi connectivity index (χ0v) is 7.96. The summed E-state index contributed by atoms with van der Waals surface area (Å²) in [4.78, 5) is 21.1. The average Bonchev–Trinajstić information content (AvgIpc) is 2.46. The van der Waals surface area contributed by atoms with Gasteiger partial charge in [-0.25, -0.2) is 0 Å². The molecule has 5 nitrogen and oxygen atoms in total. The van der Waals surface area contributed by atoms with Crippen molar-refractivity contribution >= 4 is 24.1 Å². The smallest absolute Gasteiger partial charge is 0.321 e. The van der Waals surface area contributed by atoms with Crippen LogP contribution >= 0.6 is 12.1 Å². The average molecular weight is 223 g/mol. The molecule has 1 fully saturated rings. The highest BCUT2D eigenvalue weighted by Gasteiger charge is 2.42. The van der Waals surface area contributed by atoms with Crippen molar-refractivity contribution < 1.29 is 23.7 Å². The topological polar surface area (TPSA) is 86.6 Å². The van der Waals surface area contributed by atoms with E-state index in [9.17, 15) is 13.5 Å². The van der Waals surface area contributed by atoms with Crippen LogP contribution in [-0.2, 0) is 9.59 Å². The minimum atomic E-state index is -1.13. The normalized spacial score (nSPS) is 31.6. The van der Waals surface area contributed by atoms with E-state index in [0.717, 1.165) is 0 Å². The van der Waals surface area contributed by atoms with Crippen LogP contribution in [0.4, 0.5) is 3.89 Å². The number of hydrogen-bond donors (Lipinski definition) is 3. The molecular weight excluding hydrogens is 213 g/mol. The molecule has 1 saturated heterocycles. The van der Waals surface area contributed by atoms with Gasteiger partial charge >= 0.3 is 11.9 Å². The molecule has 0 saturated carbocycles. The number of carboxylic acids is 2. The molecule has 1 heterocycles. The fourth-order valence-corrected chi connectivity index (χ4v) is 2.12. The van der Waals surface area contributed by atoms with Gasteiger partial charge < -0.3 is 15.5 Å². The molecule has 1 aliphatic heterocycles. The van der Waals surface area contributed by atoms with Gasteiger partial charge in [0.15, 0.2) is 0 Å².